The number of aryl methyl sites for hydroxylation is 1. The summed E-state index contributed by atoms with van der Waals surface area (Å²) >= 11 is 5.60. The van der Waals surface area contributed by atoms with Crippen LogP contribution in [0.5, 0.6) is 5.75 Å². The van der Waals surface area contributed by atoms with Crippen LogP contribution in [0, 0.1) is 6.92 Å². The van der Waals surface area contributed by atoms with Gasteiger partial charge in [0.25, 0.3) is 0 Å². The van der Waals surface area contributed by atoms with Crippen molar-refractivity contribution in [3.05, 3.63) is 29.8 Å². The molecule has 0 aliphatic carbocycles. The highest BCUT2D eigenvalue weighted by molar-refractivity contribution is 6.30. The Kier molecular flexibility index (Phi) is 5.12. The first kappa shape index (κ1) is 12.8. The average Bonchev–Trinajstić information content (AvgIpc) is 2.26. The van der Waals surface area contributed by atoms with E-state index in [1.807, 2.05) is 31.2 Å². The maximum absolute atomic E-state index is 11.1. The molecule has 0 spiro atoms. The lowest BCUT2D eigenvalue weighted by molar-refractivity contribution is -0.120. The van der Waals surface area contributed by atoms with Crippen molar-refractivity contribution < 1.29 is 9.53 Å². The van der Waals surface area contributed by atoms with Gasteiger partial charge in [0.15, 0.2) is 0 Å². The third kappa shape index (κ3) is 4.11. The number of halogens is 1. The molecule has 1 amide bonds. The predicted octanol–water partition coefficient (Wildman–Crippen LogP) is 2.12. The monoisotopic (exact) mass is 241 g/mol. The van der Waals surface area contributed by atoms with Crippen LogP contribution in [0.4, 0.5) is 0 Å². The van der Waals surface area contributed by atoms with Crippen molar-refractivity contribution in [2.75, 3.05) is 13.2 Å². The molecule has 0 radical (unpaired) electrons. The quantitative estimate of drug-likeness (QED) is 0.634. The van der Waals surface area contributed by atoms with Crippen LogP contribution in [0.2, 0.25) is 0 Å². The Morgan fingerprint density at radius 2 is 2.19 bits per heavy atom. The molecule has 0 saturated heterocycles. The van der Waals surface area contributed by atoms with Crippen LogP contribution in [0.25, 0.3) is 0 Å². The van der Waals surface area contributed by atoms with Crippen LogP contribution in [0.1, 0.15) is 12.5 Å². The summed E-state index contributed by atoms with van der Waals surface area (Å²) in [5.74, 6) is 0.672. The molecule has 0 aromatic heterocycles. The van der Waals surface area contributed by atoms with Crippen LogP contribution in [0.3, 0.4) is 0 Å². The van der Waals surface area contributed by atoms with Gasteiger partial charge in [0, 0.05) is 0 Å². The van der Waals surface area contributed by atoms with Crippen molar-refractivity contribution in [2.45, 2.75) is 19.2 Å². The first-order chi connectivity index (χ1) is 7.61. The standard InChI is InChI=1S/C12H16ClNO2/c1-9-5-3-4-6-11(9)16-8-7-14-12(15)10(2)13/h3-6,10H,7-8H2,1-2H3,(H,14,15). The molecule has 0 fully saturated rings. The number of nitrogens with one attached hydrogen (secondary N) is 1. The molecule has 0 heterocycles. The van der Waals surface area contributed by atoms with Gasteiger partial charge in [-0.2, -0.15) is 0 Å². The predicted molar refractivity (Wildman–Crippen MR) is 65.0 cm³/mol. The largest absolute Gasteiger partial charge is 0.491 e. The Hall–Kier alpha value is -1.22. The second kappa shape index (κ2) is 6.38. The Bertz CT molecular complexity index is 353. The molecule has 1 atom stereocenters. The molecular formula is C12H16ClNO2. The molecule has 1 aromatic rings. The molecule has 0 saturated carbocycles. The van der Waals surface area contributed by atoms with Crippen molar-refractivity contribution in [3.63, 3.8) is 0 Å². The second-order valence-corrected chi connectivity index (χ2v) is 4.18. The highest BCUT2D eigenvalue weighted by atomic mass is 35.5. The first-order valence-corrected chi connectivity index (χ1v) is 5.65. The molecule has 1 N–H and O–H groups in total. The minimum Gasteiger partial charge on any atom is -0.491 e. The van der Waals surface area contributed by atoms with Crippen LogP contribution in [0.15, 0.2) is 24.3 Å². The summed E-state index contributed by atoms with van der Waals surface area (Å²) in [5, 5.41) is 2.17. The summed E-state index contributed by atoms with van der Waals surface area (Å²) in [4.78, 5) is 11.1. The van der Waals surface area contributed by atoms with Crippen LogP contribution >= 0.6 is 11.6 Å². The maximum Gasteiger partial charge on any atom is 0.237 e. The third-order valence-electron chi connectivity index (χ3n) is 2.11. The lowest BCUT2D eigenvalue weighted by atomic mass is 10.2. The minimum atomic E-state index is -0.501. The molecule has 0 aliphatic rings. The first-order valence-electron chi connectivity index (χ1n) is 5.21. The van der Waals surface area contributed by atoms with Gasteiger partial charge >= 0.3 is 0 Å². The van der Waals surface area contributed by atoms with Gasteiger partial charge in [0.05, 0.1) is 6.54 Å². The summed E-state index contributed by atoms with van der Waals surface area (Å²) in [7, 11) is 0. The summed E-state index contributed by atoms with van der Waals surface area (Å²) in [6.45, 7) is 4.53. The second-order valence-electron chi connectivity index (χ2n) is 3.52. The highest BCUT2D eigenvalue weighted by Gasteiger charge is 2.07. The van der Waals surface area contributed by atoms with E-state index in [2.05, 4.69) is 5.32 Å². The van der Waals surface area contributed by atoms with Gasteiger partial charge < -0.3 is 10.1 Å². The number of benzene rings is 1. The minimum absolute atomic E-state index is 0.171. The molecule has 0 aliphatic heterocycles. The fourth-order valence-electron chi connectivity index (χ4n) is 1.19. The Labute approximate surface area is 101 Å². The zero-order chi connectivity index (χ0) is 12.0. The molecule has 88 valence electrons. The molecule has 16 heavy (non-hydrogen) atoms. The van der Waals surface area contributed by atoms with E-state index in [1.54, 1.807) is 6.92 Å². The van der Waals surface area contributed by atoms with Crippen LogP contribution in [-0.4, -0.2) is 24.4 Å². The number of alkyl halides is 1. The normalized spacial score (nSPS) is 11.9. The van der Waals surface area contributed by atoms with Crippen LogP contribution in [-0.2, 0) is 4.79 Å². The van der Waals surface area contributed by atoms with Gasteiger partial charge in [-0.15, -0.1) is 11.6 Å². The van der Waals surface area contributed by atoms with E-state index in [1.165, 1.54) is 0 Å². The molecular weight excluding hydrogens is 226 g/mol. The summed E-state index contributed by atoms with van der Waals surface area (Å²) in [6.07, 6.45) is 0. The fourth-order valence-corrected chi connectivity index (χ4v) is 1.27. The van der Waals surface area contributed by atoms with Gasteiger partial charge in [-0.3, -0.25) is 4.79 Å². The lowest BCUT2D eigenvalue weighted by Crippen LogP contribution is -2.32. The van der Waals surface area contributed by atoms with E-state index in [-0.39, 0.29) is 5.91 Å². The van der Waals surface area contributed by atoms with E-state index in [9.17, 15) is 4.79 Å². The van der Waals surface area contributed by atoms with Crippen molar-refractivity contribution in [1.82, 2.24) is 5.32 Å². The van der Waals surface area contributed by atoms with Gasteiger partial charge in [0.2, 0.25) is 5.91 Å². The maximum atomic E-state index is 11.1. The summed E-state index contributed by atoms with van der Waals surface area (Å²) in [6, 6.07) is 7.76. The Morgan fingerprint density at radius 3 is 2.81 bits per heavy atom. The Balaban J connectivity index is 2.26. The van der Waals surface area contributed by atoms with Gasteiger partial charge in [-0.1, -0.05) is 18.2 Å². The zero-order valence-corrected chi connectivity index (χ0v) is 10.3. The number of amides is 1. The van der Waals surface area contributed by atoms with E-state index in [0.717, 1.165) is 11.3 Å². The number of carbonyl (C=O) groups is 1. The summed E-state index contributed by atoms with van der Waals surface area (Å²) < 4.78 is 5.51. The average molecular weight is 242 g/mol. The molecule has 4 heteroatoms. The molecule has 1 aromatic carbocycles. The third-order valence-corrected chi connectivity index (χ3v) is 2.31. The van der Waals surface area contributed by atoms with Crippen molar-refractivity contribution in [3.8, 4) is 5.75 Å². The molecule has 0 bridgehead atoms. The van der Waals surface area contributed by atoms with Gasteiger partial charge in [0.1, 0.15) is 17.7 Å². The number of hydrogen-bond acceptors (Lipinski definition) is 2. The highest BCUT2D eigenvalue weighted by Crippen LogP contribution is 2.15. The van der Waals surface area contributed by atoms with E-state index in [4.69, 9.17) is 16.3 Å². The lowest BCUT2D eigenvalue weighted by Gasteiger charge is -2.10. The van der Waals surface area contributed by atoms with Gasteiger partial charge in [-0.05, 0) is 25.5 Å². The van der Waals surface area contributed by atoms with E-state index >= 15 is 0 Å². The number of hydrogen-bond donors (Lipinski definition) is 1. The number of ether oxygens (including phenoxy) is 1. The topological polar surface area (TPSA) is 38.3 Å². The molecule has 1 unspecified atom stereocenters. The van der Waals surface area contributed by atoms with E-state index < -0.39 is 5.38 Å². The SMILES string of the molecule is Cc1ccccc1OCCNC(=O)C(C)Cl. The van der Waals surface area contributed by atoms with Crippen molar-refractivity contribution >= 4 is 17.5 Å². The van der Waals surface area contributed by atoms with Crippen molar-refractivity contribution in [2.24, 2.45) is 0 Å². The van der Waals surface area contributed by atoms with Gasteiger partial charge in [-0.25, -0.2) is 0 Å². The van der Waals surface area contributed by atoms with Crippen molar-refractivity contribution in [1.29, 1.82) is 0 Å². The molecule has 1 rings (SSSR count). The Morgan fingerprint density at radius 1 is 1.50 bits per heavy atom. The molecule has 3 nitrogen and oxygen atoms in total. The number of carbonyl (C=O) groups excluding carboxylic acids is 1. The zero-order valence-electron chi connectivity index (χ0n) is 9.50. The van der Waals surface area contributed by atoms with E-state index in [0.29, 0.717) is 13.2 Å². The smallest absolute Gasteiger partial charge is 0.237 e. The summed E-state index contributed by atoms with van der Waals surface area (Å²) in [5.41, 5.74) is 1.08. The fraction of sp³-hybridized carbons (Fsp3) is 0.417. The van der Waals surface area contributed by atoms with Crippen LogP contribution < -0.4 is 10.1 Å². The number of rotatable bonds is 5. The number of para-hydroxylation sites is 1.